The van der Waals surface area contributed by atoms with E-state index in [0.29, 0.717) is 0 Å². The molecule has 1 unspecified atom stereocenters. The third kappa shape index (κ3) is 2.27. The summed E-state index contributed by atoms with van der Waals surface area (Å²) in [5.41, 5.74) is 3.20. The predicted octanol–water partition coefficient (Wildman–Crippen LogP) is 1.24. The molecule has 60 valence electrons. The number of hydrogen-bond donors (Lipinski definition) is 1. The van der Waals surface area contributed by atoms with Crippen LogP contribution in [-0.4, -0.2) is 25.1 Å². The Morgan fingerprint density at radius 1 is 1.30 bits per heavy atom. The second-order valence-electron chi connectivity index (χ2n) is 3.25. The maximum absolute atomic E-state index is 3.20. The Kier molecular flexibility index (Phi) is 3.16. The Morgan fingerprint density at radius 3 is 2.80 bits per heavy atom. The summed E-state index contributed by atoms with van der Waals surface area (Å²) in [6, 6.07) is 0. The quantitative estimate of drug-likeness (QED) is 0.592. The van der Waals surface area contributed by atoms with Gasteiger partial charge in [0.25, 0.3) is 0 Å². The van der Waals surface area contributed by atoms with Crippen molar-refractivity contribution in [1.82, 2.24) is 10.4 Å². The summed E-state index contributed by atoms with van der Waals surface area (Å²) in [6.45, 7) is 4.79. The van der Waals surface area contributed by atoms with Gasteiger partial charge in [-0.2, -0.15) is 0 Å². The molecule has 1 saturated heterocycles. The molecule has 2 nitrogen and oxygen atoms in total. The molecule has 1 N–H and O–H groups in total. The summed E-state index contributed by atoms with van der Waals surface area (Å²) in [5.74, 6) is 0.929. The van der Waals surface area contributed by atoms with Crippen LogP contribution < -0.4 is 5.43 Å². The molecular weight excluding hydrogens is 124 g/mol. The molecule has 0 aromatic rings. The van der Waals surface area contributed by atoms with Gasteiger partial charge < -0.3 is 0 Å². The lowest BCUT2D eigenvalue weighted by Crippen LogP contribution is -2.35. The standard InChI is InChI=1S/C8H18N2/c1-8-4-3-6-10(9-2)7-5-8/h8-9H,3-7H2,1-2H3. The van der Waals surface area contributed by atoms with Crippen molar-refractivity contribution in [3.63, 3.8) is 0 Å². The second-order valence-corrected chi connectivity index (χ2v) is 3.25. The minimum Gasteiger partial charge on any atom is -0.258 e. The van der Waals surface area contributed by atoms with Crippen molar-refractivity contribution in [2.45, 2.75) is 26.2 Å². The summed E-state index contributed by atoms with van der Waals surface area (Å²) in [5, 5.41) is 2.31. The molecule has 0 aliphatic carbocycles. The van der Waals surface area contributed by atoms with Crippen LogP contribution in [-0.2, 0) is 0 Å². The number of nitrogens with one attached hydrogen (secondary N) is 1. The Balaban J connectivity index is 2.26. The first kappa shape index (κ1) is 8.02. The van der Waals surface area contributed by atoms with Gasteiger partial charge in [-0.15, -0.1) is 0 Å². The van der Waals surface area contributed by atoms with E-state index in [1.807, 2.05) is 7.05 Å². The normalized spacial score (nSPS) is 30.0. The van der Waals surface area contributed by atoms with E-state index >= 15 is 0 Å². The molecule has 0 saturated carbocycles. The molecule has 0 radical (unpaired) electrons. The zero-order valence-electron chi connectivity index (χ0n) is 7.06. The van der Waals surface area contributed by atoms with Crippen molar-refractivity contribution in [3.05, 3.63) is 0 Å². The third-order valence-corrected chi connectivity index (χ3v) is 2.33. The van der Waals surface area contributed by atoms with Crippen LogP contribution in [0.15, 0.2) is 0 Å². The fraction of sp³-hybridized carbons (Fsp3) is 1.00. The molecule has 1 rings (SSSR count). The van der Waals surface area contributed by atoms with Crippen LogP contribution in [0.4, 0.5) is 0 Å². The van der Waals surface area contributed by atoms with Crippen LogP contribution in [0.25, 0.3) is 0 Å². The van der Waals surface area contributed by atoms with E-state index in [-0.39, 0.29) is 0 Å². The van der Waals surface area contributed by atoms with E-state index in [2.05, 4.69) is 17.4 Å². The van der Waals surface area contributed by atoms with Crippen molar-refractivity contribution in [2.75, 3.05) is 20.1 Å². The highest BCUT2D eigenvalue weighted by Gasteiger charge is 2.11. The van der Waals surface area contributed by atoms with Crippen LogP contribution >= 0.6 is 0 Å². The summed E-state index contributed by atoms with van der Waals surface area (Å²) >= 11 is 0. The molecule has 0 aromatic heterocycles. The highest BCUT2D eigenvalue weighted by molar-refractivity contribution is 4.63. The Bertz CT molecular complexity index is 93.3. The number of hydrazine groups is 1. The molecule has 0 spiro atoms. The van der Waals surface area contributed by atoms with E-state index in [1.54, 1.807) is 0 Å². The molecule has 0 amide bonds. The molecule has 0 bridgehead atoms. The minimum atomic E-state index is 0.929. The first-order valence-electron chi connectivity index (χ1n) is 4.25. The fourth-order valence-corrected chi connectivity index (χ4v) is 1.49. The van der Waals surface area contributed by atoms with Crippen LogP contribution in [0.3, 0.4) is 0 Å². The van der Waals surface area contributed by atoms with E-state index in [4.69, 9.17) is 0 Å². The zero-order chi connectivity index (χ0) is 7.40. The topological polar surface area (TPSA) is 15.3 Å². The van der Waals surface area contributed by atoms with Gasteiger partial charge in [-0.05, 0) is 32.2 Å². The average Bonchev–Trinajstić information content (AvgIpc) is 2.14. The van der Waals surface area contributed by atoms with Gasteiger partial charge >= 0.3 is 0 Å². The van der Waals surface area contributed by atoms with Crippen LogP contribution in [0.1, 0.15) is 26.2 Å². The number of hydrogen-bond acceptors (Lipinski definition) is 2. The van der Waals surface area contributed by atoms with Crippen LogP contribution in [0.2, 0.25) is 0 Å². The molecule has 0 aromatic carbocycles. The minimum absolute atomic E-state index is 0.929. The van der Waals surface area contributed by atoms with Gasteiger partial charge in [0, 0.05) is 13.1 Å². The van der Waals surface area contributed by atoms with Crippen molar-refractivity contribution in [3.8, 4) is 0 Å². The highest BCUT2D eigenvalue weighted by Crippen LogP contribution is 2.14. The van der Waals surface area contributed by atoms with Crippen LogP contribution in [0, 0.1) is 5.92 Å². The van der Waals surface area contributed by atoms with Gasteiger partial charge in [0.1, 0.15) is 0 Å². The molecule has 10 heavy (non-hydrogen) atoms. The van der Waals surface area contributed by atoms with Gasteiger partial charge in [0.05, 0.1) is 0 Å². The van der Waals surface area contributed by atoms with Gasteiger partial charge in [-0.3, -0.25) is 5.43 Å². The molecule has 1 aliphatic rings. The lowest BCUT2D eigenvalue weighted by Gasteiger charge is -2.17. The molecular formula is C8H18N2. The first-order chi connectivity index (χ1) is 4.83. The van der Waals surface area contributed by atoms with E-state index in [1.165, 1.54) is 32.4 Å². The summed E-state index contributed by atoms with van der Waals surface area (Å²) in [7, 11) is 2.01. The molecule has 1 fully saturated rings. The van der Waals surface area contributed by atoms with Gasteiger partial charge in [-0.25, -0.2) is 5.01 Å². The fourth-order valence-electron chi connectivity index (χ4n) is 1.49. The van der Waals surface area contributed by atoms with Gasteiger partial charge in [0.2, 0.25) is 0 Å². The van der Waals surface area contributed by atoms with Gasteiger partial charge in [0.15, 0.2) is 0 Å². The Labute approximate surface area is 63.6 Å². The smallest absolute Gasteiger partial charge is 0.0133 e. The van der Waals surface area contributed by atoms with E-state index in [9.17, 15) is 0 Å². The van der Waals surface area contributed by atoms with Gasteiger partial charge in [-0.1, -0.05) is 6.92 Å². The maximum atomic E-state index is 3.20. The van der Waals surface area contributed by atoms with Crippen LogP contribution in [0.5, 0.6) is 0 Å². The summed E-state index contributed by atoms with van der Waals surface area (Å²) < 4.78 is 0. The first-order valence-corrected chi connectivity index (χ1v) is 4.25. The molecule has 1 heterocycles. The maximum Gasteiger partial charge on any atom is 0.0133 e. The zero-order valence-corrected chi connectivity index (χ0v) is 7.06. The monoisotopic (exact) mass is 142 g/mol. The predicted molar refractivity (Wildman–Crippen MR) is 43.6 cm³/mol. The largest absolute Gasteiger partial charge is 0.258 e. The lowest BCUT2D eigenvalue weighted by molar-refractivity contribution is 0.214. The molecule has 1 atom stereocenters. The third-order valence-electron chi connectivity index (χ3n) is 2.33. The van der Waals surface area contributed by atoms with E-state index < -0.39 is 0 Å². The average molecular weight is 142 g/mol. The lowest BCUT2D eigenvalue weighted by atomic mass is 10.0. The summed E-state index contributed by atoms with van der Waals surface area (Å²) in [4.78, 5) is 0. The van der Waals surface area contributed by atoms with Crippen molar-refractivity contribution < 1.29 is 0 Å². The number of nitrogens with zero attached hydrogens (tertiary/aromatic N) is 1. The second kappa shape index (κ2) is 3.94. The highest BCUT2D eigenvalue weighted by atomic mass is 15.5. The summed E-state index contributed by atoms with van der Waals surface area (Å²) in [6.07, 6.45) is 4.10. The van der Waals surface area contributed by atoms with Crippen molar-refractivity contribution in [2.24, 2.45) is 5.92 Å². The van der Waals surface area contributed by atoms with Crippen molar-refractivity contribution in [1.29, 1.82) is 0 Å². The number of rotatable bonds is 1. The van der Waals surface area contributed by atoms with E-state index in [0.717, 1.165) is 5.92 Å². The Hall–Kier alpha value is -0.0800. The molecule has 1 aliphatic heterocycles. The molecule has 2 heteroatoms. The Morgan fingerprint density at radius 2 is 2.10 bits per heavy atom. The SMILES string of the molecule is CNN1CCCC(C)CC1. The van der Waals surface area contributed by atoms with Crippen molar-refractivity contribution >= 4 is 0 Å².